The van der Waals surface area contributed by atoms with Crippen LogP contribution in [0.2, 0.25) is 0 Å². The van der Waals surface area contributed by atoms with Gasteiger partial charge in [0.2, 0.25) is 5.91 Å². The zero-order valence-electron chi connectivity index (χ0n) is 11.5. The van der Waals surface area contributed by atoms with Gasteiger partial charge in [-0.1, -0.05) is 5.16 Å². The Morgan fingerprint density at radius 2 is 2.09 bits per heavy atom. The third-order valence-corrected chi connectivity index (χ3v) is 3.28. The van der Waals surface area contributed by atoms with Crippen LogP contribution in [0.3, 0.4) is 0 Å². The molecule has 0 aliphatic carbocycles. The highest BCUT2D eigenvalue weighted by molar-refractivity contribution is 5.97. The Morgan fingerprint density at radius 1 is 1.32 bits per heavy atom. The zero-order chi connectivity index (χ0) is 15.5. The van der Waals surface area contributed by atoms with Crippen LogP contribution >= 0.6 is 0 Å². The Balaban J connectivity index is 1.59. The smallest absolute Gasteiger partial charge is 0.320 e. The molecule has 1 saturated heterocycles. The predicted molar refractivity (Wildman–Crippen MR) is 75.8 cm³/mol. The van der Waals surface area contributed by atoms with E-state index in [4.69, 9.17) is 0 Å². The maximum Gasteiger partial charge on any atom is 0.320 e. The number of benzene rings is 1. The molecule has 3 rings (SSSR count). The van der Waals surface area contributed by atoms with Crippen LogP contribution in [-0.2, 0) is 4.79 Å². The first-order valence-electron chi connectivity index (χ1n) is 6.65. The molecule has 2 heterocycles. The van der Waals surface area contributed by atoms with Gasteiger partial charge in [-0.3, -0.25) is 10.1 Å². The van der Waals surface area contributed by atoms with E-state index in [0.717, 1.165) is 0 Å². The Hall–Kier alpha value is -2.90. The molecule has 1 atom stereocenters. The van der Waals surface area contributed by atoms with Crippen molar-refractivity contribution in [2.75, 3.05) is 16.8 Å². The minimum Gasteiger partial charge on any atom is -0.363 e. The van der Waals surface area contributed by atoms with Crippen molar-refractivity contribution in [3.05, 3.63) is 42.4 Å². The van der Waals surface area contributed by atoms with Crippen LogP contribution in [0.15, 0.2) is 41.1 Å². The second-order valence-corrected chi connectivity index (χ2v) is 4.86. The third-order valence-electron chi connectivity index (χ3n) is 3.28. The van der Waals surface area contributed by atoms with Crippen molar-refractivity contribution in [1.29, 1.82) is 0 Å². The molecule has 1 aliphatic rings. The molecule has 0 saturated carbocycles. The molecular formula is C14H13FN4O3. The molecule has 3 amide bonds. The second kappa shape index (κ2) is 5.84. The summed E-state index contributed by atoms with van der Waals surface area (Å²) in [6.07, 6.45) is 1.52. The first-order chi connectivity index (χ1) is 10.6. The molecule has 1 fully saturated rings. The minimum atomic E-state index is -0.465. The van der Waals surface area contributed by atoms with E-state index in [-0.39, 0.29) is 30.0 Å². The molecule has 1 aromatic heterocycles. The van der Waals surface area contributed by atoms with Gasteiger partial charge in [0, 0.05) is 24.7 Å². The van der Waals surface area contributed by atoms with Crippen LogP contribution in [0.1, 0.15) is 6.42 Å². The van der Waals surface area contributed by atoms with Gasteiger partial charge in [0.05, 0.1) is 6.04 Å². The molecule has 7 nitrogen and oxygen atoms in total. The van der Waals surface area contributed by atoms with Gasteiger partial charge in [0.1, 0.15) is 12.1 Å². The Labute approximate surface area is 125 Å². The van der Waals surface area contributed by atoms with Crippen molar-refractivity contribution in [2.24, 2.45) is 0 Å². The SMILES string of the molecule is O=C(Nc1ccon1)NC1CC(=O)N(c2ccc(F)cc2)C1. The predicted octanol–water partition coefficient (Wildman–Crippen LogP) is 1.74. The molecule has 0 bridgehead atoms. The van der Waals surface area contributed by atoms with E-state index < -0.39 is 6.03 Å². The number of halogens is 1. The van der Waals surface area contributed by atoms with Gasteiger partial charge in [-0.25, -0.2) is 9.18 Å². The molecule has 114 valence electrons. The fourth-order valence-corrected chi connectivity index (χ4v) is 2.29. The lowest BCUT2D eigenvalue weighted by Crippen LogP contribution is -2.39. The van der Waals surface area contributed by atoms with E-state index in [9.17, 15) is 14.0 Å². The van der Waals surface area contributed by atoms with Gasteiger partial charge >= 0.3 is 6.03 Å². The lowest BCUT2D eigenvalue weighted by Gasteiger charge is -2.17. The third kappa shape index (κ3) is 3.05. The minimum absolute atomic E-state index is 0.127. The quantitative estimate of drug-likeness (QED) is 0.904. The van der Waals surface area contributed by atoms with Crippen molar-refractivity contribution in [3.8, 4) is 0 Å². The number of amides is 3. The standard InChI is InChI=1S/C14H13FN4O3/c15-9-1-3-11(4-2-9)19-8-10(7-13(19)20)16-14(21)17-12-5-6-22-18-12/h1-6,10H,7-8H2,(H2,16,17,18,21). The number of aromatic nitrogens is 1. The van der Waals surface area contributed by atoms with E-state index in [2.05, 4.69) is 20.3 Å². The lowest BCUT2D eigenvalue weighted by atomic mass is 10.2. The summed E-state index contributed by atoms with van der Waals surface area (Å²) in [5.74, 6) is -0.201. The van der Waals surface area contributed by atoms with Crippen molar-refractivity contribution in [1.82, 2.24) is 10.5 Å². The Kier molecular flexibility index (Phi) is 3.73. The summed E-state index contributed by atoms with van der Waals surface area (Å²) in [4.78, 5) is 25.3. The first-order valence-corrected chi connectivity index (χ1v) is 6.65. The summed E-state index contributed by atoms with van der Waals surface area (Å²) >= 11 is 0. The molecule has 0 radical (unpaired) electrons. The summed E-state index contributed by atoms with van der Waals surface area (Å²) in [7, 11) is 0. The summed E-state index contributed by atoms with van der Waals surface area (Å²) in [5, 5.41) is 8.74. The number of hydrogen-bond acceptors (Lipinski definition) is 4. The van der Waals surface area contributed by atoms with Gasteiger partial charge < -0.3 is 14.7 Å². The molecule has 8 heteroatoms. The van der Waals surface area contributed by atoms with E-state index >= 15 is 0 Å². The van der Waals surface area contributed by atoms with Crippen LogP contribution in [0.5, 0.6) is 0 Å². The van der Waals surface area contributed by atoms with Gasteiger partial charge in [0.15, 0.2) is 5.82 Å². The van der Waals surface area contributed by atoms with Crippen molar-refractivity contribution in [2.45, 2.75) is 12.5 Å². The molecule has 1 aromatic carbocycles. The molecule has 2 N–H and O–H groups in total. The summed E-state index contributed by atoms with van der Waals surface area (Å²) in [5.41, 5.74) is 0.604. The number of rotatable bonds is 3. The monoisotopic (exact) mass is 304 g/mol. The Morgan fingerprint density at radius 3 is 2.77 bits per heavy atom. The van der Waals surface area contributed by atoms with E-state index in [0.29, 0.717) is 12.2 Å². The Bertz CT molecular complexity index is 672. The van der Waals surface area contributed by atoms with Crippen LogP contribution in [0.4, 0.5) is 20.7 Å². The highest BCUT2D eigenvalue weighted by Gasteiger charge is 2.31. The number of carbonyl (C=O) groups excluding carboxylic acids is 2. The van der Waals surface area contributed by atoms with Gasteiger partial charge in [0.25, 0.3) is 0 Å². The van der Waals surface area contributed by atoms with Gasteiger partial charge in [-0.05, 0) is 24.3 Å². The second-order valence-electron chi connectivity index (χ2n) is 4.86. The lowest BCUT2D eigenvalue weighted by molar-refractivity contribution is -0.117. The maximum absolute atomic E-state index is 12.9. The molecule has 1 unspecified atom stereocenters. The number of anilines is 2. The first kappa shape index (κ1) is 14.1. The number of carbonyl (C=O) groups is 2. The van der Waals surface area contributed by atoms with Gasteiger partial charge in [-0.2, -0.15) is 0 Å². The maximum atomic E-state index is 12.9. The van der Waals surface area contributed by atoms with Crippen LogP contribution < -0.4 is 15.5 Å². The number of nitrogens with zero attached hydrogens (tertiary/aromatic N) is 2. The fraction of sp³-hybridized carbons (Fsp3) is 0.214. The van der Waals surface area contributed by atoms with Gasteiger partial charge in [-0.15, -0.1) is 0 Å². The fourth-order valence-electron chi connectivity index (χ4n) is 2.29. The largest absolute Gasteiger partial charge is 0.363 e. The van der Waals surface area contributed by atoms with Crippen LogP contribution in [-0.4, -0.2) is 29.7 Å². The molecule has 1 aliphatic heterocycles. The summed E-state index contributed by atoms with van der Waals surface area (Å²) in [6, 6.07) is 6.36. The van der Waals surface area contributed by atoms with Crippen molar-refractivity contribution >= 4 is 23.4 Å². The molecular weight excluding hydrogens is 291 g/mol. The molecule has 22 heavy (non-hydrogen) atoms. The number of urea groups is 1. The van der Waals surface area contributed by atoms with Crippen molar-refractivity contribution in [3.63, 3.8) is 0 Å². The highest BCUT2D eigenvalue weighted by Crippen LogP contribution is 2.21. The topological polar surface area (TPSA) is 87.5 Å². The average Bonchev–Trinajstić information content (AvgIpc) is 3.10. The summed E-state index contributed by atoms with van der Waals surface area (Å²) in [6.45, 7) is 0.330. The number of nitrogens with one attached hydrogen (secondary N) is 2. The molecule has 0 spiro atoms. The number of hydrogen-bond donors (Lipinski definition) is 2. The highest BCUT2D eigenvalue weighted by atomic mass is 19.1. The zero-order valence-corrected chi connectivity index (χ0v) is 11.5. The average molecular weight is 304 g/mol. The van der Waals surface area contributed by atoms with Crippen LogP contribution in [0.25, 0.3) is 0 Å². The van der Waals surface area contributed by atoms with Crippen molar-refractivity contribution < 1.29 is 18.5 Å². The van der Waals surface area contributed by atoms with Crippen LogP contribution in [0, 0.1) is 5.82 Å². The van der Waals surface area contributed by atoms with E-state index in [1.54, 1.807) is 0 Å². The van der Waals surface area contributed by atoms with E-state index in [1.807, 2.05) is 0 Å². The normalized spacial score (nSPS) is 17.6. The summed E-state index contributed by atoms with van der Waals surface area (Å²) < 4.78 is 17.5. The molecule has 2 aromatic rings. The van der Waals surface area contributed by atoms with E-state index in [1.165, 1.54) is 41.5 Å².